The standard InChI is InChI=1S/C23H29N3O5/c1-14(2)20(24)22(29)25-18(12-15-6-4-3-5-7-15)21(28)26-19(23(30)31)13-16-8-10-17(27)11-9-16/h3-11,14,18-20,27H,12-13,24H2,1-2H3,(H,25,29)(H,26,28)(H,30,31)/t18-,19-,20-/m0/s1. The summed E-state index contributed by atoms with van der Waals surface area (Å²) in [4.78, 5) is 37.2. The summed E-state index contributed by atoms with van der Waals surface area (Å²) in [5, 5.41) is 24.1. The first-order valence-electron chi connectivity index (χ1n) is 10.1. The van der Waals surface area contributed by atoms with Crippen LogP contribution in [0.5, 0.6) is 5.75 Å². The molecule has 0 heterocycles. The maximum atomic E-state index is 13.0. The largest absolute Gasteiger partial charge is 0.508 e. The predicted octanol–water partition coefficient (Wildman–Crippen LogP) is 1.21. The summed E-state index contributed by atoms with van der Waals surface area (Å²) in [5.74, 6) is -2.35. The molecule has 0 radical (unpaired) electrons. The molecule has 0 aliphatic rings. The Morgan fingerprint density at radius 3 is 1.90 bits per heavy atom. The van der Waals surface area contributed by atoms with Gasteiger partial charge in [0, 0.05) is 12.8 Å². The maximum absolute atomic E-state index is 13.0. The number of phenolic OH excluding ortho intramolecular Hbond substituents is 1. The molecule has 2 aromatic carbocycles. The van der Waals surface area contributed by atoms with E-state index in [0.29, 0.717) is 5.56 Å². The van der Waals surface area contributed by atoms with Crippen LogP contribution >= 0.6 is 0 Å². The van der Waals surface area contributed by atoms with E-state index in [9.17, 15) is 24.6 Å². The van der Waals surface area contributed by atoms with Gasteiger partial charge in [-0.3, -0.25) is 9.59 Å². The first-order chi connectivity index (χ1) is 14.7. The van der Waals surface area contributed by atoms with Gasteiger partial charge in [0.25, 0.3) is 0 Å². The van der Waals surface area contributed by atoms with Crippen LogP contribution < -0.4 is 16.4 Å². The number of carbonyl (C=O) groups excluding carboxylic acids is 2. The van der Waals surface area contributed by atoms with Gasteiger partial charge in [-0.15, -0.1) is 0 Å². The molecule has 3 atom stereocenters. The molecule has 0 spiro atoms. The molecule has 166 valence electrons. The summed E-state index contributed by atoms with van der Waals surface area (Å²) in [6.45, 7) is 3.60. The van der Waals surface area contributed by atoms with Crippen molar-refractivity contribution in [2.75, 3.05) is 0 Å². The van der Waals surface area contributed by atoms with Crippen LogP contribution in [0.3, 0.4) is 0 Å². The van der Waals surface area contributed by atoms with Crippen molar-refractivity contribution < 1.29 is 24.6 Å². The number of hydrogen-bond donors (Lipinski definition) is 5. The lowest BCUT2D eigenvalue weighted by Crippen LogP contribution is -2.56. The van der Waals surface area contributed by atoms with Gasteiger partial charge in [0.05, 0.1) is 6.04 Å². The van der Waals surface area contributed by atoms with Crippen molar-refractivity contribution in [3.8, 4) is 5.75 Å². The molecule has 0 aromatic heterocycles. The van der Waals surface area contributed by atoms with Crippen molar-refractivity contribution in [3.05, 3.63) is 65.7 Å². The van der Waals surface area contributed by atoms with Crippen molar-refractivity contribution in [3.63, 3.8) is 0 Å². The second-order valence-corrected chi connectivity index (χ2v) is 7.79. The van der Waals surface area contributed by atoms with Gasteiger partial charge in [-0.25, -0.2) is 4.79 Å². The quantitative estimate of drug-likeness (QED) is 0.386. The average Bonchev–Trinajstić information content (AvgIpc) is 2.74. The molecule has 31 heavy (non-hydrogen) atoms. The Morgan fingerprint density at radius 2 is 1.35 bits per heavy atom. The first-order valence-corrected chi connectivity index (χ1v) is 10.1. The molecule has 0 aliphatic heterocycles. The molecule has 2 aromatic rings. The smallest absolute Gasteiger partial charge is 0.326 e. The maximum Gasteiger partial charge on any atom is 0.326 e. The van der Waals surface area contributed by atoms with Crippen molar-refractivity contribution in [2.45, 2.75) is 44.8 Å². The second-order valence-electron chi connectivity index (χ2n) is 7.79. The van der Waals surface area contributed by atoms with E-state index in [2.05, 4.69) is 10.6 Å². The molecule has 2 rings (SSSR count). The van der Waals surface area contributed by atoms with Gasteiger partial charge in [-0.05, 0) is 29.2 Å². The van der Waals surface area contributed by atoms with Crippen LogP contribution in [-0.2, 0) is 27.2 Å². The van der Waals surface area contributed by atoms with Crippen LogP contribution in [0, 0.1) is 5.92 Å². The Labute approximate surface area is 181 Å². The number of carbonyl (C=O) groups is 3. The number of rotatable bonds is 10. The number of nitrogens with one attached hydrogen (secondary N) is 2. The van der Waals surface area contributed by atoms with E-state index in [1.54, 1.807) is 26.0 Å². The Hall–Kier alpha value is -3.39. The monoisotopic (exact) mass is 427 g/mol. The lowest BCUT2D eigenvalue weighted by molar-refractivity contribution is -0.142. The van der Waals surface area contributed by atoms with Gasteiger partial charge >= 0.3 is 5.97 Å². The molecule has 2 amide bonds. The number of carboxylic acid groups (broad SMARTS) is 1. The van der Waals surface area contributed by atoms with Crippen LogP contribution in [-0.4, -0.2) is 46.1 Å². The third-order valence-corrected chi connectivity index (χ3v) is 4.93. The molecule has 0 saturated carbocycles. The molecular weight excluding hydrogens is 398 g/mol. The van der Waals surface area contributed by atoms with Crippen LogP contribution in [0.4, 0.5) is 0 Å². The van der Waals surface area contributed by atoms with E-state index >= 15 is 0 Å². The van der Waals surface area contributed by atoms with E-state index in [4.69, 9.17) is 5.73 Å². The summed E-state index contributed by atoms with van der Waals surface area (Å²) in [5.41, 5.74) is 7.35. The van der Waals surface area contributed by atoms with Crippen LogP contribution in [0.1, 0.15) is 25.0 Å². The number of nitrogens with two attached hydrogens (primary N) is 1. The lowest BCUT2D eigenvalue weighted by Gasteiger charge is -2.24. The van der Waals surface area contributed by atoms with E-state index in [-0.39, 0.29) is 24.5 Å². The molecule has 6 N–H and O–H groups in total. The van der Waals surface area contributed by atoms with Crippen LogP contribution in [0.15, 0.2) is 54.6 Å². The summed E-state index contributed by atoms with van der Waals surface area (Å²) in [6, 6.07) is 12.2. The highest BCUT2D eigenvalue weighted by atomic mass is 16.4. The fourth-order valence-corrected chi connectivity index (χ4v) is 2.97. The highest BCUT2D eigenvalue weighted by Gasteiger charge is 2.29. The number of phenols is 1. The van der Waals surface area contributed by atoms with Gasteiger partial charge in [-0.2, -0.15) is 0 Å². The average molecular weight is 428 g/mol. The molecule has 0 fully saturated rings. The molecule has 0 aliphatic carbocycles. The van der Waals surface area contributed by atoms with E-state index < -0.39 is 35.9 Å². The SMILES string of the molecule is CC(C)[C@H](N)C(=O)N[C@@H](Cc1ccccc1)C(=O)N[C@@H](Cc1ccc(O)cc1)C(=O)O. The third-order valence-electron chi connectivity index (χ3n) is 4.93. The Bertz CT molecular complexity index is 884. The van der Waals surface area contributed by atoms with E-state index in [1.807, 2.05) is 30.3 Å². The predicted molar refractivity (Wildman–Crippen MR) is 116 cm³/mol. The minimum absolute atomic E-state index is 0.0267. The van der Waals surface area contributed by atoms with Gasteiger partial charge < -0.3 is 26.6 Å². The molecule has 8 nitrogen and oxygen atoms in total. The fraction of sp³-hybridized carbons (Fsp3) is 0.348. The zero-order valence-electron chi connectivity index (χ0n) is 17.6. The summed E-state index contributed by atoms with van der Waals surface area (Å²) >= 11 is 0. The number of aliphatic carboxylic acids is 1. The van der Waals surface area contributed by atoms with Gasteiger partial charge in [0.15, 0.2) is 0 Å². The highest BCUT2D eigenvalue weighted by molar-refractivity contribution is 5.92. The van der Waals surface area contributed by atoms with E-state index in [0.717, 1.165) is 5.56 Å². The lowest BCUT2D eigenvalue weighted by atomic mass is 10.0. The zero-order valence-corrected chi connectivity index (χ0v) is 17.6. The van der Waals surface area contributed by atoms with Crippen molar-refractivity contribution >= 4 is 17.8 Å². The molecule has 0 saturated heterocycles. The van der Waals surface area contributed by atoms with Gasteiger partial charge in [-0.1, -0.05) is 56.3 Å². The number of amides is 2. The summed E-state index contributed by atoms with van der Waals surface area (Å²) in [6.07, 6.45) is 0.216. The zero-order chi connectivity index (χ0) is 23.0. The number of hydrogen-bond acceptors (Lipinski definition) is 5. The topological polar surface area (TPSA) is 142 Å². The number of aromatic hydroxyl groups is 1. The first kappa shape index (κ1) is 23.9. The summed E-state index contributed by atoms with van der Waals surface area (Å²) < 4.78 is 0. The van der Waals surface area contributed by atoms with Crippen molar-refractivity contribution in [2.24, 2.45) is 11.7 Å². The minimum Gasteiger partial charge on any atom is -0.508 e. The van der Waals surface area contributed by atoms with Crippen LogP contribution in [0.25, 0.3) is 0 Å². The normalized spacial score (nSPS) is 13.8. The Kier molecular flexibility index (Phi) is 8.57. The number of carboxylic acids is 1. The molecule has 0 unspecified atom stereocenters. The molecule has 8 heteroatoms. The van der Waals surface area contributed by atoms with Crippen LogP contribution in [0.2, 0.25) is 0 Å². The number of benzene rings is 2. The fourth-order valence-electron chi connectivity index (χ4n) is 2.97. The Morgan fingerprint density at radius 1 is 0.839 bits per heavy atom. The third kappa shape index (κ3) is 7.42. The van der Waals surface area contributed by atoms with Crippen molar-refractivity contribution in [1.82, 2.24) is 10.6 Å². The Balaban J connectivity index is 2.17. The van der Waals surface area contributed by atoms with Gasteiger partial charge in [0.2, 0.25) is 11.8 Å². The minimum atomic E-state index is -1.20. The summed E-state index contributed by atoms with van der Waals surface area (Å²) in [7, 11) is 0. The molecular formula is C23H29N3O5. The van der Waals surface area contributed by atoms with E-state index in [1.165, 1.54) is 12.1 Å². The molecule has 0 bridgehead atoms. The highest BCUT2D eigenvalue weighted by Crippen LogP contribution is 2.12. The van der Waals surface area contributed by atoms with Crippen molar-refractivity contribution in [1.29, 1.82) is 0 Å². The second kappa shape index (κ2) is 11.1. The van der Waals surface area contributed by atoms with Gasteiger partial charge in [0.1, 0.15) is 17.8 Å².